The molecule has 0 bridgehead atoms. The molecular formula is C9H16N2O. The summed E-state index contributed by atoms with van der Waals surface area (Å²) in [5, 5.41) is 11.3. The first kappa shape index (κ1) is 11.0. The molecule has 68 valence electrons. The summed E-state index contributed by atoms with van der Waals surface area (Å²) in [6.45, 7) is 5.62. The number of rotatable bonds is 4. The van der Waals surface area contributed by atoms with Gasteiger partial charge in [0, 0.05) is 5.92 Å². The van der Waals surface area contributed by atoms with Gasteiger partial charge in [0.1, 0.15) is 6.04 Å². The fourth-order valence-electron chi connectivity index (χ4n) is 0.796. The molecule has 1 unspecified atom stereocenters. The highest BCUT2D eigenvalue weighted by atomic mass is 16.1. The van der Waals surface area contributed by atoms with Crippen LogP contribution in [0.2, 0.25) is 0 Å². The average molecular weight is 168 g/mol. The zero-order valence-electron chi connectivity index (χ0n) is 7.92. The molecule has 0 aromatic heterocycles. The molecule has 0 rings (SSSR count). The second-order valence-corrected chi connectivity index (χ2v) is 3.13. The van der Waals surface area contributed by atoms with E-state index in [1.165, 1.54) is 0 Å². The minimum Gasteiger partial charge on any atom is -0.340 e. The van der Waals surface area contributed by atoms with Crippen molar-refractivity contribution in [3.8, 4) is 6.07 Å². The molecule has 1 N–H and O–H groups in total. The fraction of sp³-hybridized carbons (Fsp3) is 0.778. The van der Waals surface area contributed by atoms with Crippen molar-refractivity contribution in [3.63, 3.8) is 0 Å². The minimum absolute atomic E-state index is 0.0438. The van der Waals surface area contributed by atoms with Gasteiger partial charge in [-0.3, -0.25) is 4.79 Å². The smallest absolute Gasteiger partial charge is 0.223 e. The summed E-state index contributed by atoms with van der Waals surface area (Å²) in [4.78, 5) is 11.1. The van der Waals surface area contributed by atoms with Crippen LogP contribution in [-0.4, -0.2) is 11.9 Å². The molecule has 3 heteroatoms. The van der Waals surface area contributed by atoms with Crippen molar-refractivity contribution < 1.29 is 4.79 Å². The molecule has 0 aliphatic rings. The van der Waals surface area contributed by atoms with E-state index in [9.17, 15) is 4.79 Å². The van der Waals surface area contributed by atoms with Crippen molar-refractivity contribution in [3.05, 3.63) is 0 Å². The summed E-state index contributed by atoms with van der Waals surface area (Å²) in [5.41, 5.74) is 0. The topological polar surface area (TPSA) is 52.9 Å². The van der Waals surface area contributed by atoms with Crippen LogP contribution in [0.15, 0.2) is 0 Å². The lowest BCUT2D eigenvalue weighted by Gasteiger charge is -2.11. The zero-order chi connectivity index (χ0) is 9.56. The van der Waals surface area contributed by atoms with Crippen LogP contribution in [0.3, 0.4) is 0 Å². The second-order valence-electron chi connectivity index (χ2n) is 3.13. The maximum absolute atomic E-state index is 11.1. The summed E-state index contributed by atoms with van der Waals surface area (Å²) >= 11 is 0. The van der Waals surface area contributed by atoms with Gasteiger partial charge in [-0.2, -0.15) is 5.26 Å². The van der Waals surface area contributed by atoms with Crippen LogP contribution in [0, 0.1) is 17.2 Å². The number of hydrogen-bond acceptors (Lipinski definition) is 2. The van der Waals surface area contributed by atoms with Crippen LogP contribution in [0.5, 0.6) is 0 Å². The number of nitrogens with one attached hydrogen (secondary N) is 1. The molecule has 0 saturated heterocycles. The molecule has 3 nitrogen and oxygen atoms in total. The van der Waals surface area contributed by atoms with E-state index >= 15 is 0 Å². The Morgan fingerprint density at radius 3 is 2.50 bits per heavy atom. The lowest BCUT2D eigenvalue weighted by atomic mass is 10.1. The molecule has 0 aromatic rings. The van der Waals surface area contributed by atoms with Crippen LogP contribution in [0.25, 0.3) is 0 Å². The average Bonchev–Trinajstić information content (AvgIpc) is 2.03. The Hall–Kier alpha value is -1.04. The third-order valence-corrected chi connectivity index (χ3v) is 1.57. The van der Waals surface area contributed by atoms with Crippen LogP contribution < -0.4 is 5.32 Å². The van der Waals surface area contributed by atoms with Gasteiger partial charge < -0.3 is 5.32 Å². The predicted molar refractivity (Wildman–Crippen MR) is 47.3 cm³/mol. The first-order valence-electron chi connectivity index (χ1n) is 4.31. The molecule has 1 atom stereocenters. The van der Waals surface area contributed by atoms with E-state index in [2.05, 4.69) is 11.4 Å². The Morgan fingerprint density at radius 1 is 1.58 bits per heavy atom. The Balaban J connectivity index is 3.88. The summed E-state index contributed by atoms with van der Waals surface area (Å²) in [7, 11) is 0. The first-order chi connectivity index (χ1) is 5.61. The van der Waals surface area contributed by atoms with Crippen molar-refractivity contribution in [2.75, 3.05) is 0 Å². The van der Waals surface area contributed by atoms with Gasteiger partial charge in [-0.15, -0.1) is 0 Å². The maximum atomic E-state index is 11.1. The molecular weight excluding hydrogens is 152 g/mol. The van der Waals surface area contributed by atoms with Crippen molar-refractivity contribution in [2.24, 2.45) is 5.92 Å². The highest BCUT2D eigenvalue weighted by Crippen LogP contribution is 1.98. The predicted octanol–water partition coefficient (Wildman–Crippen LogP) is 1.45. The maximum Gasteiger partial charge on any atom is 0.223 e. The Morgan fingerprint density at radius 2 is 2.17 bits per heavy atom. The van der Waals surface area contributed by atoms with Gasteiger partial charge in [0.15, 0.2) is 0 Å². The fourth-order valence-corrected chi connectivity index (χ4v) is 0.796. The summed E-state index contributed by atoms with van der Waals surface area (Å²) in [6.07, 6.45) is 1.64. The third-order valence-electron chi connectivity index (χ3n) is 1.57. The quantitative estimate of drug-likeness (QED) is 0.690. The monoisotopic (exact) mass is 168 g/mol. The van der Waals surface area contributed by atoms with Gasteiger partial charge in [-0.25, -0.2) is 0 Å². The van der Waals surface area contributed by atoms with Crippen LogP contribution >= 0.6 is 0 Å². The lowest BCUT2D eigenvalue weighted by Crippen LogP contribution is -2.36. The Bertz CT molecular complexity index is 181. The van der Waals surface area contributed by atoms with Crippen molar-refractivity contribution in [1.82, 2.24) is 5.32 Å². The van der Waals surface area contributed by atoms with Crippen LogP contribution in [-0.2, 0) is 4.79 Å². The number of carbonyl (C=O) groups is 1. The summed E-state index contributed by atoms with van der Waals surface area (Å²) < 4.78 is 0. The minimum atomic E-state index is -0.315. The van der Waals surface area contributed by atoms with E-state index in [1.807, 2.05) is 20.8 Å². The Kier molecular flexibility index (Phi) is 5.11. The largest absolute Gasteiger partial charge is 0.340 e. The number of nitrogens with zero attached hydrogens (tertiary/aromatic N) is 1. The number of hydrogen-bond donors (Lipinski definition) is 1. The second kappa shape index (κ2) is 5.59. The Labute approximate surface area is 73.8 Å². The van der Waals surface area contributed by atoms with Crippen molar-refractivity contribution in [2.45, 2.75) is 39.7 Å². The van der Waals surface area contributed by atoms with Gasteiger partial charge in [0.2, 0.25) is 5.91 Å². The molecule has 0 fully saturated rings. The van der Waals surface area contributed by atoms with Gasteiger partial charge in [-0.05, 0) is 6.42 Å². The molecule has 12 heavy (non-hydrogen) atoms. The molecule has 0 spiro atoms. The summed E-state index contributed by atoms with van der Waals surface area (Å²) in [6, 6.07) is 1.74. The lowest BCUT2D eigenvalue weighted by molar-refractivity contribution is -0.124. The number of nitriles is 1. The zero-order valence-corrected chi connectivity index (χ0v) is 7.92. The molecule has 1 amide bonds. The van der Waals surface area contributed by atoms with Gasteiger partial charge in [-0.1, -0.05) is 27.2 Å². The van der Waals surface area contributed by atoms with E-state index in [4.69, 9.17) is 5.26 Å². The van der Waals surface area contributed by atoms with Gasteiger partial charge in [0.05, 0.1) is 6.07 Å². The third kappa shape index (κ3) is 3.97. The molecule has 0 saturated carbocycles. The van der Waals surface area contributed by atoms with E-state index in [1.54, 1.807) is 0 Å². The number of amides is 1. The molecule has 0 aromatic carbocycles. The van der Waals surface area contributed by atoms with E-state index < -0.39 is 0 Å². The van der Waals surface area contributed by atoms with Crippen LogP contribution in [0.4, 0.5) is 0 Å². The normalized spacial score (nSPS) is 12.2. The van der Waals surface area contributed by atoms with Gasteiger partial charge in [0.25, 0.3) is 0 Å². The molecule has 0 heterocycles. The summed E-state index contributed by atoms with van der Waals surface area (Å²) in [5.74, 6) is -0.0901. The van der Waals surface area contributed by atoms with E-state index in [-0.39, 0.29) is 17.9 Å². The first-order valence-corrected chi connectivity index (χ1v) is 4.31. The van der Waals surface area contributed by atoms with E-state index in [0.717, 1.165) is 12.8 Å². The van der Waals surface area contributed by atoms with Crippen LogP contribution in [0.1, 0.15) is 33.6 Å². The standard InChI is InChI=1S/C9H16N2O/c1-4-5-8(6-10)11-9(12)7(2)3/h7-8H,4-5H2,1-3H3,(H,11,12). The highest BCUT2D eigenvalue weighted by Gasteiger charge is 2.12. The van der Waals surface area contributed by atoms with Gasteiger partial charge >= 0.3 is 0 Å². The highest BCUT2D eigenvalue weighted by molar-refractivity contribution is 5.78. The number of carbonyl (C=O) groups excluding carboxylic acids is 1. The molecule has 0 aliphatic heterocycles. The molecule has 0 radical (unpaired) electrons. The SMILES string of the molecule is CCCC(C#N)NC(=O)C(C)C. The van der Waals surface area contributed by atoms with Crippen molar-refractivity contribution >= 4 is 5.91 Å². The molecule has 0 aliphatic carbocycles. The van der Waals surface area contributed by atoms with Crippen molar-refractivity contribution in [1.29, 1.82) is 5.26 Å². The van der Waals surface area contributed by atoms with E-state index in [0.29, 0.717) is 0 Å².